The van der Waals surface area contributed by atoms with Crippen molar-refractivity contribution < 1.29 is 9.47 Å². The minimum atomic E-state index is 0.519. The van der Waals surface area contributed by atoms with Gasteiger partial charge in [-0.2, -0.15) is 0 Å². The van der Waals surface area contributed by atoms with E-state index in [-0.39, 0.29) is 0 Å². The zero-order chi connectivity index (χ0) is 21.9. The van der Waals surface area contributed by atoms with E-state index in [1.54, 1.807) is 0 Å². The van der Waals surface area contributed by atoms with Gasteiger partial charge in [0.25, 0.3) is 0 Å². The second-order valence-electron chi connectivity index (χ2n) is 8.71. The predicted molar refractivity (Wildman–Crippen MR) is 127 cm³/mol. The number of likely N-dealkylation sites (N-methyl/N-ethyl adjacent to an activating group) is 1. The van der Waals surface area contributed by atoms with Crippen LogP contribution in [0.5, 0.6) is 0 Å². The van der Waals surface area contributed by atoms with E-state index in [0.29, 0.717) is 13.2 Å². The molecule has 0 unspecified atom stereocenters. The second-order valence-corrected chi connectivity index (χ2v) is 8.71. The van der Waals surface area contributed by atoms with Gasteiger partial charge in [0.15, 0.2) is 5.82 Å². The molecule has 0 radical (unpaired) electrons. The summed E-state index contributed by atoms with van der Waals surface area (Å²) in [5.41, 5.74) is 3.22. The van der Waals surface area contributed by atoms with Gasteiger partial charge in [0.1, 0.15) is 17.9 Å². The Morgan fingerprint density at radius 3 is 2.53 bits per heavy atom. The highest BCUT2D eigenvalue weighted by Gasteiger charge is 2.24. The van der Waals surface area contributed by atoms with Gasteiger partial charge in [0.2, 0.25) is 0 Å². The average molecular weight is 439 g/mol. The Kier molecular flexibility index (Phi) is 6.54. The van der Waals surface area contributed by atoms with E-state index in [2.05, 4.69) is 50.6 Å². The Bertz CT molecular complexity index is 1050. The van der Waals surface area contributed by atoms with Gasteiger partial charge in [-0.25, -0.2) is 9.97 Å². The zero-order valence-electron chi connectivity index (χ0n) is 19.3. The van der Waals surface area contributed by atoms with Crippen LogP contribution in [0.4, 0.5) is 5.82 Å². The molecule has 0 N–H and O–H groups in total. The molecule has 32 heavy (non-hydrogen) atoms. The van der Waals surface area contributed by atoms with Crippen LogP contribution in [0, 0.1) is 0 Å². The number of ether oxygens (including phenoxy) is 2. The van der Waals surface area contributed by atoms with Crippen molar-refractivity contribution in [1.82, 2.24) is 24.3 Å². The average Bonchev–Trinajstić information content (AvgIpc) is 3.20. The van der Waals surface area contributed by atoms with Gasteiger partial charge >= 0.3 is 0 Å². The third-order valence-corrected chi connectivity index (χ3v) is 6.63. The molecule has 0 bridgehead atoms. The van der Waals surface area contributed by atoms with Crippen molar-refractivity contribution >= 4 is 27.8 Å². The van der Waals surface area contributed by atoms with Gasteiger partial charge in [-0.1, -0.05) is 18.2 Å². The summed E-state index contributed by atoms with van der Waals surface area (Å²) in [6, 6.07) is 8.47. The number of nitrogens with zero attached hydrogens (tertiary/aromatic N) is 6. The number of fused-ring (bicyclic) bond motifs is 3. The Labute approximate surface area is 189 Å². The lowest BCUT2D eigenvalue weighted by atomic mass is 10.1. The number of imidazole rings is 1. The quantitative estimate of drug-likeness (QED) is 0.561. The lowest BCUT2D eigenvalue weighted by Crippen LogP contribution is -2.44. The number of para-hydroxylation sites is 1. The van der Waals surface area contributed by atoms with Crippen LogP contribution in [0.1, 0.15) is 12.7 Å². The first-order valence-corrected chi connectivity index (χ1v) is 11.8. The summed E-state index contributed by atoms with van der Waals surface area (Å²) in [5.74, 6) is 2.00. The number of benzene rings is 1. The van der Waals surface area contributed by atoms with Crippen LogP contribution >= 0.6 is 0 Å². The Hall–Kier alpha value is -2.26. The molecule has 2 aliphatic heterocycles. The van der Waals surface area contributed by atoms with Crippen molar-refractivity contribution in [2.24, 2.45) is 0 Å². The summed E-state index contributed by atoms with van der Waals surface area (Å²) in [5, 5.41) is 1.16. The van der Waals surface area contributed by atoms with E-state index in [0.717, 1.165) is 93.6 Å². The van der Waals surface area contributed by atoms with E-state index in [1.165, 1.54) is 5.52 Å². The number of pyridine rings is 1. The lowest BCUT2D eigenvalue weighted by molar-refractivity contribution is 0.0361. The molecule has 172 valence electrons. The molecule has 2 saturated heterocycles. The van der Waals surface area contributed by atoms with E-state index < -0.39 is 0 Å². The highest BCUT2D eigenvalue weighted by Crippen LogP contribution is 2.33. The van der Waals surface area contributed by atoms with E-state index in [4.69, 9.17) is 19.4 Å². The summed E-state index contributed by atoms with van der Waals surface area (Å²) in [4.78, 5) is 17.5. The van der Waals surface area contributed by atoms with Crippen molar-refractivity contribution in [3.63, 3.8) is 0 Å². The van der Waals surface area contributed by atoms with Crippen LogP contribution in [0.15, 0.2) is 24.3 Å². The molecular weight excluding hydrogens is 404 g/mol. The zero-order valence-corrected chi connectivity index (χ0v) is 19.3. The summed E-state index contributed by atoms with van der Waals surface area (Å²) in [7, 11) is 2.18. The fourth-order valence-corrected chi connectivity index (χ4v) is 4.72. The minimum absolute atomic E-state index is 0.519. The van der Waals surface area contributed by atoms with Gasteiger partial charge < -0.3 is 23.8 Å². The smallest absolute Gasteiger partial charge is 0.157 e. The molecule has 0 amide bonds. The Morgan fingerprint density at radius 2 is 1.75 bits per heavy atom. The van der Waals surface area contributed by atoms with Crippen molar-refractivity contribution in [2.45, 2.75) is 20.1 Å². The number of rotatable bonds is 7. The third-order valence-electron chi connectivity index (χ3n) is 6.63. The number of hydrogen-bond acceptors (Lipinski definition) is 7. The van der Waals surface area contributed by atoms with Crippen LogP contribution in [-0.2, 0) is 22.6 Å². The highest BCUT2D eigenvalue weighted by molar-refractivity contribution is 6.07. The monoisotopic (exact) mass is 438 g/mol. The van der Waals surface area contributed by atoms with Crippen LogP contribution in [0.3, 0.4) is 0 Å². The third kappa shape index (κ3) is 4.32. The highest BCUT2D eigenvalue weighted by atomic mass is 16.5. The summed E-state index contributed by atoms with van der Waals surface area (Å²) in [6.45, 7) is 12.7. The second kappa shape index (κ2) is 9.70. The molecule has 8 nitrogen and oxygen atoms in total. The molecule has 4 heterocycles. The maximum Gasteiger partial charge on any atom is 0.157 e. The molecule has 2 aliphatic rings. The van der Waals surface area contributed by atoms with Crippen molar-refractivity contribution in [3.8, 4) is 0 Å². The van der Waals surface area contributed by atoms with E-state index in [1.807, 2.05) is 6.92 Å². The molecule has 8 heteroatoms. The molecule has 0 saturated carbocycles. The molecule has 0 atom stereocenters. The molecular formula is C24H34N6O2. The minimum Gasteiger partial charge on any atom is -0.379 e. The SMILES string of the molecule is CCOCc1nc2c(N3CCN(C)CC3)nc3ccccc3c2n1CCN1CCOCC1. The Balaban J connectivity index is 1.60. The van der Waals surface area contributed by atoms with Crippen LogP contribution in [-0.4, -0.2) is 97.0 Å². The van der Waals surface area contributed by atoms with Gasteiger partial charge in [0, 0.05) is 64.4 Å². The fourth-order valence-electron chi connectivity index (χ4n) is 4.72. The van der Waals surface area contributed by atoms with Gasteiger partial charge in [-0.05, 0) is 20.0 Å². The number of morpholine rings is 1. The predicted octanol–water partition coefficient (Wildman–Crippen LogP) is 2.21. The van der Waals surface area contributed by atoms with Crippen molar-refractivity contribution in [2.75, 3.05) is 77.6 Å². The maximum absolute atomic E-state index is 5.84. The lowest BCUT2D eigenvalue weighted by Gasteiger charge is -2.33. The summed E-state index contributed by atoms with van der Waals surface area (Å²) >= 11 is 0. The molecule has 0 spiro atoms. The largest absolute Gasteiger partial charge is 0.379 e. The van der Waals surface area contributed by atoms with E-state index >= 15 is 0 Å². The maximum atomic E-state index is 5.84. The number of aromatic nitrogens is 3. The molecule has 0 aliphatic carbocycles. The van der Waals surface area contributed by atoms with Gasteiger partial charge in [-0.15, -0.1) is 0 Å². The fraction of sp³-hybridized carbons (Fsp3) is 0.583. The van der Waals surface area contributed by atoms with Gasteiger partial charge in [-0.3, -0.25) is 4.90 Å². The normalized spacial score (nSPS) is 18.8. The molecule has 2 aromatic heterocycles. The number of hydrogen-bond donors (Lipinski definition) is 0. The van der Waals surface area contributed by atoms with Crippen molar-refractivity contribution in [3.05, 3.63) is 30.1 Å². The topological polar surface area (TPSA) is 58.9 Å². The molecule has 1 aromatic carbocycles. The van der Waals surface area contributed by atoms with Crippen LogP contribution < -0.4 is 4.90 Å². The number of anilines is 1. The van der Waals surface area contributed by atoms with Crippen LogP contribution in [0.25, 0.3) is 21.9 Å². The summed E-state index contributed by atoms with van der Waals surface area (Å²) in [6.07, 6.45) is 0. The Morgan fingerprint density at radius 1 is 0.969 bits per heavy atom. The van der Waals surface area contributed by atoms with Crippen LogP contribution in [0.2, 0.25) is 0 Å². The van der Waals surface area contributed by atoms with E-state index in [9.17, 15) is 0 Å². The van der Waals surface area contributed by atoms with Crippen molar-refractivity contribution in [1.29, 1.82) is 0 Å². The molecule has 3 aromatic rings. The number of piperazine rings is 1. The molecule has 2 fully saturated rings. The first-order chi connectivity index (χ1) is 15.7. The standard InChI is InChI=1S/C24H34N6O2/c1-3-31-18-21-26-22-23(30(21)13-10-28-14-16-32-17-15-28)19-6-4-5-7-20(19)25-24(22)29-11-8-27(2)9-12-29/h4-7H,3,8-18H2,1-2H3. The first-order valence-electron chi connectivity index (χ1n) is 11.8. The van der Waals surface area contributed by atoms with Gasteiger partial charge in [0.05, 0.1) is 24.2 Å². The molecule has 5 rings (SSSR count). The first kappa shape index (κ1) is 21.6. The summed E-state index contributed by atoms with van der Waals surface area (Å²) < 4.78 is 13.7.